The van der Waals surface area contributed by atoms with Crippen LogP contribution in [0.5, 0.6) is 0 Å². The number of aryl methyl sites for hydroxylation is 2. The van der Waals surface area contributed by atoms with Crippen molar-refractivity contribution in [1.82, 2.24) is 14.5 Å². The van der Waals surface area contributed by atoms with Crippen LogP contribution in [-0.4, -0.2) is 47.3 Å². The number of alkyl halides is 3. The molecule has 1 saturated heterocycles. The fourth-order valence-corrected chi connectivity index (χ4v) is 3.84. The Balaban J connectivity index is 1.69. The van der Waals surface area contributed by atoms with Gasteiger partial charge < -0.3 is 9.30 Å². The number of hydrogen-bond acceptors (Lipinski definition) is 3. The molecule has 0 unspecified atom stereocenters. The van der Waals surface area contributed by atoms with Crippen LogP contribution in [0.3, 0.4) is 0 Å². The summed E-state index contributed by atoms with van der Waals surface area (Å²) in [6.07, 6.45) is -3.48. The fraction of sp³-hybridized carbons (Fsp3) is 0.409. The molecule has 3 aromatic rings. The highest BCUT2D eigenvalue weighted by atomic mass is 19.4. The maximum Gasteiger partial charge on any atom is 0.416 e. The number of ether oxygens (including phenoxy) is 1. The molecule has 1 aliphatic heterocycles. The average Bonchev–Trinajstić information content (AvgIpc) is 3.06. The van der Waals surface area contributed by atoms with E-state index in [0.29, 0.717) is 12.1 Å². The van der Waals surface area contributed by atoms with Gasteiger partial charge in [-0.3, -0.25) is 4.90 Å². The van der Waals surface area contributed by atoms with Crippen LogP contribution in [0.25, 0.3) is 22.4 Å². The molecule has 0 spiro atoms. The molecule has 1 aliphatic rings. The van der Waals surface area contributed by atoms with Crippen LogP contribution < -0.4 is 0 Å². The van der Waals surface area contributed by atoms with E-state index >= 15 is 0 Å². The normalized spacial score (nSPS) is 15.9. The van der Waals surface area contributed by atoms with Gasteiger partial charge in [0.05, 0.1) is 29.8 Å². The Morgan fingerprint density at radius 2 is 1.79 bits per heavy atom. The topological polar surface area (TPSA) is 30.3 Å². The van der Waals surface area contributed by atoms with Gasteiger partial charge in [0.25, 0.3) is 0 Å². The van der Waals surface area contributed by atoms with Crippen LogP contribution in [0, 0.1) is 6.92 Å². The van der Waals surface area contributed by atoms with Crippen molar-refractivity contribution in [2.75, 3.05) is 32.8 Å². The molecular formula is C22H24F3N3O. The number of fused-ring (bicyclic) bond motifs is 1. The summed E-state index contributed by atoms with van der Waals surface area (Å²) >= 11 is 0. The maximum atomic E-state index is 13.2. The third-order valence-corrected chi connectivity index (χ3v) is 5.42. The second-order valence-electron chi connectivity index (χ2n) is 7.41. The minimum Gasteiger partial charge on any atom is -0.379 e. The van der Waals surface area contributed by atoms with E-state index in [2.05, 4.69) is 14.5 Å². The van der Waals surface area contributed by atoms with E-state index in [1.54, 1.807) is 6.07 Å². The second kappa shape index (κ2) is 8.16. The molecule has 0 aliphatic carbocycles. The Hall–Kier alpha value is -2.38. The summed E-state index contributed by atoms with van der Waals surface area (Å²) in [5, 5.41) is 0. The van der Waals surface area contributed by atoms with Gasteiger partial charge in [-0.2, -0.15) is 13.2 Å². The van der Waals surface area contributed by atoms with E-state index < -0.39 is 11.7 Å². The molecule has 154 valence electrons. The first-order valence-electron chi connectivity index (χ1n) is 9.87. The summed E-state index contributed by atoms with van der Waals surface area (Å²) in [6, 6.07) is 11.7. The van der Waals surface area contributed by atoms with Gasteiger partial charge in [-0.1, -0.05) is 24.3 Å². The number of aromatic nitrogens is 2. The highest BCUT2D eigenvalue weighted by Crippen LogP contribution is 2.33. The summed E-state index contributed by atoms with van der Waals surface area (Å²) < 4.78 is 46.9. The van der Waals surface area contributed by atoms with Crippen LogP contribution in [-0.2, 0) is 17.5 Å². The average molecular weight is 403 g/mol. The Bertz CT molecular complexity index is 991. The first-order valence-corrected chi connectivity index (χ1v) is 9.87. The van der Waals surface area contributed by atoms with Crippen LogP contribution >= 0.6 is 0 Å². The molecular weight excluding hydrogens is 379 g/mol. The summed E-state index contributed by atoms with van der Waals surface area (Å²) in [7, 11) is 0. The Morgan fingerprint density at radius 3 is 2.52 bits per heavy atom. The van der Waals surface area contributed by atoms with Gasteiger partial charge in [0, 0.05) is 31.7 Å². The SMILES string of the molecule is Cc1ccccc1-c1nc2cc(C(F)(F)F)ccc2n1CCCN1CCOCC1. The standard InChI is InChI=1S/C22H24F3N3O/c1-16-5-2-3-6-18(16)21-26-19-15-17(22(23,24)25)7-8-20(19)28(21)10-4-9-27-11-13-29-14-12-27/h2-3,5-8,15H,4,9-14H2,1H3. The lowest BCUT2D eigenvalue weighted by molar-refractivity contribution is -0.137. The minimum absolute atomic E-state index is 0.379. The Labute approximate surface area is 167 Å². The summed E-state index contributed by atoms with van der Waals surface area (Å²) in [4.78, 5) is 6.97. The zero-order valence-electron chi connectivity index (χ0n) is 16.4. The van der Waals surface area contributed by atoms with Crippen molar-refractivity contribution >= 4 is 11.0 Å². The van der Waals surface area contributed by atoms with Crippen molar-refractivity contribution in [3.8, 4) is 11.4 Å². The van der Waals surface area contributed by atoms with Crippen molar-refractivity contribution in [2.45, 2.75) is 26.1 Å². The third kappa shape index (κ3) is 4.31. The highest BCUT2D eigenvalue weighted by Gasteiger charge is 2.31. The molecule has 4 rings (SSSR count). The zero-order chi connectivity index (χ0) is 20.4. The molecule has 0 atom stereocenters. The number of benzene rings is 2. The molecule has 7 heteroatoms. The van der Waals surface area contributed by atoms with E-state index in [0.717, 1.165) is 73.9 Å². The number of nitrogens with zero attached hydrogens (tertiary/aromatic N) is 3. The molecule has 1 fully saturated rings. The van der Waals surface area contributed by atoms with Crippen molar-refractivity contribution in [1.29, 1.82) is 0 Å². The minimum atomic E-state index is -4.38. The van der Waals surface area contributed by atoms with E-state index in [4.69, 9.17) is 4.74 Å². The molecule has 29 heavy (non-hydrogen) atoms. The third-order valence-electron chi connectivity index (χ3n) is 5.42. The lowest BCUT2D eigenvalue weighted by atomic mass is 10.1. The lowest BCUT2D eigenvalue weighted by Crippen LogP contribution is -2.37. The van der Waals surface area contributed by atoms with Crippen LogP contribution in [0.15, 0.2) is 42.5 Å². The van der Waals surface area contributed by atoms with E-state index in [9.17, 15) is 13.2 Å². The van der Waals surface area contributed by atoms with E-state index in [1.807, 2.05) is 31.2 Å². The second-order valence-corrected chi connectivity index (χ2v) is 7.41. The fourth-order valence-electron chi connectivity index (χ4n) is 3.84. The highest BCUT2D eigenvalue weighted by molar-refractivity contribution is 5.82. The molecule has 1 aromatic heterocycles. The van der Waals surface area contributed by atoms with Crippen molar-refractivity contribution in [3.05, 3.63) is 53.6 Å². The summed E-state index contributed by atoms with van der Waals surface area (Å²) in [6.45, 7) is 6.97. The molecule has 0 saturated carbocycles. The molecule has 2 aromatic carbocycles. The number of imidazole rings is 1. The lowest BCUT2D eigenvalue weighted by Gasteiger charge is -2.26. The predicted octanol–water partition coefficient (Wildman–Crippen LogP) is 4.75. The molecule has 0 radical (unpaired) electrons. The first kappa shape index (κ1) is 19.9. The van der Waals surface area contributed by atoms with Crippen LogP contribution in [0.4, 0.5) is 13.2 Å². The van der Waals surface area contributed by atoms with Gasteiger partial charge in [0.15, 0.2) is 0 Å². The first-order chi connectivity index (χ1) is 13.9. The van der Waals surface area contributed by atoms with Crippen LogP contribution in [0.1, 0.15) is 17.5 Å². The van der Waals surface area contributed by atoms with Gasteiger partial charge in [-0.15, -0.1) is 0 Å². The zero-order valence-corrected chi connectivity index (χ0v) is 16.4. The number of hydrogen-bond donors (Lipinski definition) is 0. The molecule has 0 N–H and O–H groups in total. The smallest absolute Gasteiger partial charge is 0.379 e. The van der Waals surface area contributed by atoms with Gasteiger partial charge >= 0.3 is 6.18 Å². The summed E-state index contributed by atoms with van der Waals surface area (Å²) in [5.41, 5.74) is 2.44. The van der Waals surface area contributed by atoms with E-state index in [1.165, 1.54) is 0 Å². The largest absolute Gasteiger partial charge is 0.416 e. The molecule has 4 nitrogen and oxygen atoms in total. The number of morpholine rings is 1. The quantitative estimate of drug-likeness (QED) is 0.616. The van der Waals surface area contributed by atoms with Gasteiger partial charge in [0.1, 0.15) is 5.82 Å². The maximum absolute atomic E-state index is 13.2. The van der Waals surface area contributed by atoms with E-state index in [-0.39, 0.29) is 0 Å². The molecule has 2 heterocycles. The van der Waals surface area contributed by atoms with Gasteiger partial charge in [0.2, 0.25) is 0 Å². The van der Waals surface area contributed by atoms with Gasteiger partial charge in [-0.25, -0.2) is 4.98 Å². The van der Waals surface area contributed by atoms with Crippen molar-refractivity contribution < 1.29 is 17.9 Å². The molecule has 0 bridgehead atoms. The predicted molar refractivity (Wildman–Crippen MR) is 107 cm³/mol. The van der Waals surface area contributed by atoms with Gasteiger partial charge in [-0.05, 0) is 37.1 Å². The monoisotopic (exact) mass is 403 g/mol. The van der Waals surface area contributed by atoms with Crippen LogP contribution in [0.2, 0.25) is 0 Å². The summed E-state index contributed by atoms with van der Waals surface area (Å²) in [5.74, 6) is 0.722. The van der Waals surface area contributed by atoms with Crippen molar-refractivity contribution in [3.63, 3.8) is 0 Å². The number of halogens is 3. The number of rotatable bonds is 5. The Kier molecular flexibility index (Phi) is 5.61. The Morgan fingerprint density at radius 1 is 1.03 bits per heavy atom. The van der Waals surface area contributed by atoms with Crippen molar-refractivity contribution in [2.24, 2.45) is 0 Å². The molecule has 0 amide bonds.